The molecular weight excluding hydrogens is 337 g/mol. The van der Waals surface area contributed by atoms with Gasteiger partial charge in [0.15, 0.2) is 5.69 Å². The standard InChI is InChI=1S/C19H20FN3O3/c20-16-12(15-7-6-14(21)17(23-15)19(25)26)8-11(9-13(16)18(22)24)10-4-2-1-3-5-10/h6-10H,1-5,21H2,(H2,22,24)(H,25,26). The molecule has 1 aliphatic rings. The zero-order chi connectivity index (χ0) is 18.8. The van der Waals surface area contributed by atoms with Crippen LogP contribution in [0.25, 0.3) is 11.3 Å². The van der Waals surface area contributed by atoms with Crippen molar-refractivity contribution in [2.24, 2.45) is 5.73 Å². The molecular formula is C19H20FN3O3. The van der Waals surface area contributed by atoms with Gasteiger partial charge in [0.1, 0.15) is 5.82 Å². The molecule has 0 aliphatic heterocycles. The molecule has 7 heteroatoms. The van der Waals surface area contributed by atoms with Crippen molar-refractivity contribution in [3.8, 4) is 11.3 Å². The fraction of sp³-hybridized carbons (Fsp3) is 0.316. The Bertz CT molecular complexity index is 877. The molecule has 5 N–H and O–H groups in total. The number of primary amides is 1. The zero-order valence-corrected chi connectivity index (χ0v) is 14.2. The molecule has 0 bridgehead atoms. The lowest BCUT2D eigenvalue weighted by Crippen LogP contribution is -2.16. The van der Waals surface area contributed by atoms with Crippen LogP contribution in [0, 0.1) is 5.82 Å². The first-order valence-electron chi connectivity index (χ1n) is 8.52. The Kier molecular flexibility index (Phi) is 4.88. The number of carboxylic acids is 1. The predicted octanol–water partition coefficient (Wildman–Crippen LogP) is 3.31. The van der Waals surface area contributed by atoms with Gasteiger partial charge in [-0.1, -0.05) is 19.3 Å². The van der Waals surface area contributed by atoms with Gasteiger partial charge >= 0.3 is 5.97 Å². The molecule has 0 radical (unpaired) electrons. The van der Waals surface area contributed by atoms with Crippen LogP contribution in [0.4, 0.5) is 10.1 Å². The summed E-state index contributed by atoms with van der Waals surface area (Å²) in [6.45, 7) is 0. The van der Waals surface area contributed by atoms with Crippen molar-refractivity contribution in [1.82, 2.24) is 4.98 Å². The summed E-state index contributed by atoms with van der Waals surface area (Å²) in [5, 5.41) is 9.20. The van der Waals surface area contributed by atoms with Crippen molar-refractivity contribution < 1.29 is 19.1 Å². The van der Waals surface area contributed by atoms with Crippen molar-refractivity contribution in [2.45, 2.75) is 38.0 Å². The molecule has 1 fully saturated rings. The van der Waals surface area contributed by atoms with Gasteiger partial charge in [-0.05, 0) is 48.6 Å². The van der Waals surface area contributed by atoms with Gasteiger partial charge in [0.25, 0.3) is 5.91 Å². The second kappa shape index (κ2) is 7.11. The summed E-state index contributed by atoms with van der Waals surface area (Å²) >= 11 is 0. The SMILES string of the molecule is NC(=O)c1cc(C2CCCCC2)cc(-c2ccc(N)c(C(=O)O)n2)c1F. The summed E-state index contributed by atoms with van der Waals surface area (Å²) in [5.41, 5.74) is 11.4. The number of halogens is 1. The van der Waals surface area contributed by atoms with Crippen molar-refractivity contribution in [3.63, 3.8) is 0 Å². The lowest BCUT2D eigenvalue weighted by atomic mass is 9.82. The van der Waals surface area contributed by atoms with Crippen LogP contribution in [0.1, 0.15) is 64.4 Å². The van der Waals surface area contributed by atoms with Crippen LogP contribution >= 0.6 is 0 Å². The Labute approximate surface area is 150 Å². The van der Waals surface area contributed by atoms with E-state index in [0.717, 1.165) is 37.7 Å². The number of hydrogen-bond donors (Lipinski definition) is 3. The number of nitrogens with zero attached hydrogens (tertiary/aromatic N) is 1. The highest BCUT2D eigenvalue weighted by Gasteiger charge is 2.23. The highest BCUT2D eigenvalue weighted by molar-refractivity contribution is 5.95. The Balaban J connectivity index is 2.16. The number of aromatic carboxylic acids is 1. The summed E-state index contributed by atoms with van der Waals surface area (Å²) < 4.78 is 14.9. The Hall–Kier alpha value is -2.96. The van der Waals surface area contributed by atoms with Crippen LogP contribution in [0.15, 0.2) is 24.3 Å². The van der Waals surface area contributed by atoms with E-state index in [1.807, 2.05) is 0 Å². The van der Waals surface area contributed by atoms with Crippen LogP contribution < -0.4 is 11.5 Å². The second-order valence-electron chi connectivity index (χ2n) is 6.57. The quantitative estimate of drug-likeness (QED) is 0.775. The summed E-state index contributed by atoms with van der Waals surface area (Å²) in [6.07, 6.45) is 5.23. The van der Waals surface area contributed by atoms with Gasteiger partial charge in [-0.25, -0.2) is 14.2 Å². The first-order valence-corrected chi connectivity index (χ1v) is 8.52. The van der Waals surface area contributed by atoms with E-state index in [2.05, 4.69) is 4.98 Å². The lowest BCUT2D eigenvalue weighted by Gasteiger charge is -2.23. The maximum atomic E-state index is 14.9. The number of nitrogen functional groups attached to an aromatic ring is 1. The number of carbonyl (C=O) groups excluding carboxylic acids is 1. The smallest absolute Gasteiger partial charge is 0.356 e. The monoisotopic (exact) mass is 357 g/mol. The third kappa shape index (κ3) is 3.37. The molecule has 0 unspecified atom stereocenters. The number of carbonyl (C=O) groups is 2. The first kappa shape index (κ1) is 17.8. The highest BCUT2D eigenvalue weighted by atomic mass is 19.1. The molecule has 1 amide bonds. The molecule has 0 atom stereocenters. The Morgan fingerprint density at radius 3 is 2.46 bits per heavy atom. The molecule has 1 saturated carbocycles. The van der Waals surface area contributed by atoms with Gasteiger partial charge < -0.3 is 16.6 Å². The van der Waals surface area contributed by atoms with Gasteiger partial charge in [-0.2, -0.15) is 0 Å². The average molecular weight is 357 g/mol. The van der Waals surface area contributed by atoms with E-state index in [9.17, 15) is 19.1 Å². The van der Waals surface area contributed by atoms with Crippen LogP contribution in [0.5, 0.6) is 0 Å². The molecule has 1 aliphatic carbocycles. The molecule has 0 spiro atoms. The van der Waals surface area contributed by atoms with Crippen LogP contribution in [0.2, 0.25) is 0 Å². The second-order valence-corrected chi connectivity index (χ2v) is 6.57. The third-order valence-electron chi connectivity index (χ3n) is 4.84. The normalized spacial score (nSPS) is 15.0. The molecule has 136 valence electrons. The maximum Gasteiger partial charge on any atom is 0.356 e. The molecule has 0 saturated heterocycles. The number of carboxylic acid groups (broad SMARTS) is 1. The summed E-state index contributed by atoms with van der Waals surface area (Å²) in [7, 11) is 0. The number of rotatable bonds is 4. The molecule has 1 aromatic heterocycles. The number of pyridine rings is 1. The minimum atomic E-state index is -1.30. The number of amides is 1. The molecule has 1 heterocycles. The fourth-order valence-corrected chi connectivity index (χ4v) is 3.48. The van der Waals surface area contributed by atoms with E-state index in [4.69, 9.17) is 11.5 Å². The third-order valence-corrected chi connectivity index (χ3v) is 4.84. The number of hydrogen-bond acceptors (Lipinski definition) is 4. The molecule has 1 aromatic carbocycles. The largest absolute Gasteiger partial charge is 0.476 e. The average Bonchev–Trinajstić information content (AvgIpc) is 2.62. The van der Waals surface area contributed by atoms with E-state index in [1.54, 1.807) is 6.07 Å². The summed E-state index contributed by atoms with van der Waals surface area (Å²) in [4.78, 5) is 27.0. The number of benzene rings is 1. The predicted molar refractivity (Wildman–Crippen MR) is 95.3 cm³/mol. The minimum Gasteiger partial charge on any atom is -0.476 e. The van der Waals surface area contributed by atoms with Gasteiger partial charge in [-0.3, -0.25) is 4.79 Å². The number of anilines is 1. The molecule has 3 rings (SSSR count). The van der Waals surface area contributed by atoms with Crippen LogP contribution in [-0.4, -0.2) is 22.0 Å². The molecule has 2 aromatic rings. The first-order chi connectivity index (χ1) is 12.4. The van der Waals surface area contributed by atoms with Crippen LogP contribution in [-0.2, 0) is 0 Å². The zero-order valence-electron chi connectivity index (χ0n) is 14.2. The topological polar surface area (TPSA) is 119 Å². The number of nitrogens with two attached hydrogens (primary N) is 2. The van der Waals surface area contributed by atoms with Crippen molar-refractivity contribution in [3.05, 3.63) is 46.9 Å². The molecule has 26 heavy (non-hydrogen) atoms. The van der Waals surface area contributed by atoms with E-state index in [0.29, 0.717) is 0 Å². The highest BCUT2D eigenvalue weighted by Crippen LogP contribution is 2.36. The minimum absolute atomic E-state index is 0.0137. The fourth-order valence-electron chi connectivity index (χ4n) is 3.48. The van der Waals surface area contributed by atoms with Gasteiger partial charge in [0, 0.05) is 5.56 Å². The van der Waals surface area contributed by atoms with Gasteiger partial charge in [-0.15, -0.1) is 0 Å². The van der Waals surface area contributed by atoms with E-state index < -0.39 is 17.7 Å². The Morgan fingerprint density at radius 1 is 1.15 bits per heavy atom. The van der Waals surface area contributed by atoms with Crippen molar-refractivity contribution in [2.75, 3.05) is 5.73 Å². The summed E-state index contributed by atoms with van der Waals surface area (Å²) in [5.74, 6) is -2.75. The Morgan fingerprint density at radius 2 is 1.85 bits per heavy atom. The van der Waals surface area contributed by atoms with Crippen molar-refractivity contribution >= 4 is 17.6 Å². The van der Waals surface area contributed by atoms with Crippen molar-refractivity contribution in [1.29, 1.82) is 0 Å². The lowest BCUT2D eigenvalue weighted by molar-refractivity contribution is 0.0691. The van der Waals surface area contributed by atoms with E-state index in [-0.39, 0.29) is 34.1 Å². The number of aromatic nitrogens is 1. The van der Waals surface area contributed by atoms with E-state index >= 15 is 0 Å². The van der Waals surface area contributed by atoms with Crippen LogP contribution in [0.3, 0.4) is 0 Å². The maximum absolute atomic E-state index is 14.9. The van der Waals surface area contributed by atoms with Gasteiger partial charge in [0.05, 0.1) is 16.9 Å². The molecule has 6 nitrogen and oxygen atoms in total. The summed E-state index contributed by atoms with van der Waals surface area (Å²) in [6, 6.07) is 5.95. The van der Waals surface area contributed by atoms with Gasteiger partial charge in [0.2, 0.25) is 0 Å². The van der Waals surface area contributed by atoms with E-state index in [1.165, 1.54) is 18.2 Å².